The average Bonchev–Trinajstić information content (AvgIpc) is 3.68. The molecule has 4 aliphatic rings. The molecule has 0 radical (unpaired) electrons. The first-order valence-corrected chi connectivity index (χ1v) is 20.8. The third kappa shape index (κ3) is 11.1. The number of esters is 2. The number of fused-ring (bicyclic) bond motifs is 1. The first kappa shape index (κ1) is 42.2. The molecule has 1 amide bonds. The molecule has 2 saturated heterocycles. The number of hydrogen-bond donors (Lipinski definition) is 6. The lowest BCUT2D eigenvalue weighted by molar-refractivity contribution is -0.179. The monoisotopic (exact) mass is 757 g/mol. The van der Waals surface area contributed by atoms with Crippen molar-refractivity contribution in [2.75, 3.05) is 26.7 Å². The van der Waals surface area contributed by atoms with Crippen LogP contribution in [0.3, 0.4) is 0 Å². The number of rotatable bonds is 19. The molecule has 2 heterocycles. The van der Waals surface area contributed by atoms with Crippen LogP contribution in [0.4, 0.5) is 0 Å². The van der Waals surface area contributed by atoms with Crippen LogP contribution in [-0.4, -0.2) is 95.9 Å². The number of hydrogen-bond acceptors (Lipinski definition) is 11. The summed E-state index contributed by atoms with van der Waals surface area (Å²) in [5, 5.41) is 42.0. The molecule has 6 N–H and O–H groups in total. The van der Waals surface area contributed by atoms with E-state index in [4.69, 9.17) is 14.2 Å². The lowest BCUT2D eigenvalue weighted by atomic mass is 9.66. The number of methoxy groups -OCH3 is 1. The second kappa shape index (κ2) is 19.8. The summed E-state index contributed by atoms with van der Waals surface area (Å²) in [5.74, 6) is -0.818. The van der Waals surface area contributed by atoms with Gasteiger partial charge in [0, 0.05) is 37.8 Å². The second-order valence-electron chi connectivity index (χ2n) is 16.9. The second-order valence-corrected chi connectivity index (χ2v) is 16.9. The maximum Gasteiger partial charge on any atom is 0.332 e. The molecule has 0 aromatic heterocycles. The number of aliphatic hydroxyl groups is 2. The molecule has 2 saturated carbocycles. The van der Waals surface area contributed by atoms with Crippen LogP contribution in [0.2, 0.25) is 0 Å². The van der Waals surface area contributed by atoms with Crippen molar-refractivity contribution in [3.8, 4) is 11.5 Å². The van der Waals surface area contributed by atoms with Gasteiger partial charge in [-0.25, -0.2) is 4.79 Å². The SMILES string of the molecule is COc1cc(CC2(C(CC(OC(C)=O)C(CCC(C)O)CCC(O)CNC3CCCC3)OC(=O)C34CCCCC3CCC(=O)N4)CCNCC2)ccc1O. The average molecular weight is 758 g/mol. The van der Waals surface area contributed by atoms with Crippen molar-refractivity contribution in [2.24, 2.45) is 17.3 Å². The maximum absolute atomic E-state index is 14.8. The molecule has 0 bridgehead atoms. The minimum absolute atomic E-state index is 0.00943. The summed E-state index contributed by atoms with van der Waals surface area (Å²) in [6, 6.07) is 5.74. The number of aromatic hydroxyl groups is 1. The van der Waals surface area contributed by atoms with E-state index < -0.39 is 47.3 Å². The number of carbonyl (C=O) groups is 3. The molecule has 7 atom stereocenters. The van der Waals surface area contributed by atoms with Crippen molar-refractivity contribution in [3.05, 3.63) is 23.8 Å². The smallest absolute Gasteiger partial charge is 0.332 e. The van der Waals surface area contributed by atoms with Crippen LogP contribution in [0.1, 0.15) is 129 Å². The minimum Gasteiger partial charge on any atom is -0.504 e. The number of carbonyl (C=O) groups excluding carboxylic acids is 3. The Balaban J connectivity index is 1.48. The van der Waals surface area contributed by atoms with E-state index in [1.807, 2.05) is 12.1 Å². The highest BCUT2D eigenvalue weighted by molar-refractivity contribution is 5.90. The number of phenolic OH excluding ortho intramolecular Hbond substituents is 1. The third-order valence-corrected chi connectivity index (χ3v) is 13.0. The number of benzene rings is 1. The molecular formula is C42H67N3O9. The molecule has 12 heteroatoms. The number of phenols is 1. The van der Waals surface area contributed by atoms with Gasteiger partial charge >= 0.3 is 11.9 Å². The van der Waals surface area contributed by atoms with Gasteiger partial charge < -0.3 is 45.5 Å². The van der Waals surface area contributed by atoms with E-state index in [1.165, 1.54) is 26.9 Å². The van der Waals surface area contributed by atoms with Gasteiger partial charge in [0.05, 0.1) is 19.3 Å². The number of nitrogens with one attached hydrogen (secondary N) is 3. The summed E-state index contributed by atoms with van der Waals surface area (Å²) in [6.07, 6.45) is 10.6. The summed E-state index contributed by atoms with van der Waals surface area (Å²) in [4.78, 5) is 40.6. The Hall–Kier alpha value is -2.93. The molecule has 2 aliphatic carbocycles. The van der Waals surface area contributed by atoms with Crippen molar-refractivity contribution in [2.45, 2.75) is 165 Å². The fraction of sp³-hybridized carbons (Fsp3) is 0.786. The van der Waals surface area contributed by atoms with Gasteiger partial charge in [-0.3, -0.25) is 9.59 Å². The number of amides is 1. The Morgan fingerprint density at radius 3 is 2.39 bits per heavy atom. The molecule has 2 aliphatic heterocycles. The van der Waals surface area contributed by atoms with E-state index in [-0.39, 0.29) is 29.9 Å². The van der Waals surface area contributed by atoms with Crippen LogP contribution in [0.15, 0.2) is 18.2 Å². The van der Waals surface area contributed by atoms with Crippen molar-refractivity contribution < 1.29 is 43.9 Å². The van der Waals surface area contributed by atoms with E-state index >= 15 is 0 Å². The van der Waals surface area contributed by atoms with Gasteiger partial charge in [0.25, 0.3) is 0 Å². The van der Waals surface area contributed by atoms with E-state index in [1.54, 1.807) is 13.0 Å². The summed E-state index contributed by atoms with van der Waals surface area (Å²) in [5.41, 5.74) is -0.763. The van der Waals surface area contributed by atoms with Crippen LogP contribution in [0, 0.1) is 17.3 Å². The normalized spacial score (nSPS) is 25.7. The van der Waals surface area contributed by atoms with Gasteiger partial charge in [-0.15, -0.1) is 0 Å². The number of aliphatic hydroxyl groups excluding tert-OH is 2. The van der Waals surface area contributed by atoms with E-state index in [9.17, 15) is 29.7 Å². The Morgan fingerprint density at radius 1 is 0.963 bits per heavy atom. The molecule has 304 valence electrons. The van der Waals surface area contributed by atoms with E-state index in [2.05, 4.69) is 16.0 Å². The molecule has 12 nitrogen and oxygen atoms in total. The molecule has 1 aromatic rings. The fourth-order valence-corrected chi connectivity index (χ4v) is 9.84. The molecule has 0 spiro atoms. The zero-order valence-corrected chi connectivity index (χ0v) is 32.9. The standard InChI is InChI=1S/C42H67N3O9/c1-28(46)11-13-31(14-16-34(48)27-44-33-9-4-5-10-33)36(53-29(2)47)25-38(54-40(51)42-19-7-6-8-32(42)15-18-39(50)45-42)41(20-22-43-23-21-41)26-30-12-17-35(49)37(24-30)52-3/h12,17,24,28,31-34,36,38,43-44,46,48-49H,4-11,13-16,18-23,25-27H2,1-3H3,(H,45,50). The minimum atomic E-state index is -1.10. The van der Waals surface area contributed by atoms with Gasteiger partial charge in [0.1, 0.15) is 17.7 Å². The van der Waals surface area contributed by atoms with Crippen molar-refractivity contribution in [1.82, 2.24) is 16.0 Å². The van der Waals surface area contributed by atoms with Crippen LogP contribution in [0.25, 0.3) is 0 Å². The first-order valence-electron chi connectivity index (χ1n) is 20.8. The topological polar surface area (TPSA) is 176 Å². The summed E-state index contributed by atoms with van der Waals surface area (Å²) < 4.78 is 18.5. The number of ether oxygens (including phenoxy) is 3. The van der Waals surface area contributed by atoms with E-state index in [0.717, 1.165) is 37.7 Å². The third-order valence-electron chi connectivity index (χ3n) is 13.0. The lowest BCUT2D eigenvalue weighted by Crippen LogP contribution is -2.65. The number of piperidine rings is 2. The van der Waals surface area contributed by atoms with Gasteiger partial charge in [-0.2, -0.15) is 0 Å². The van der Waals surface area contributed by atoms with Gasteiger partial charge in [0.15, 0.2) is 11.5 Å². The van der Waals surface area contributed by atoms with E-state index in [0.29, 0.717) is 95.6 Å². The lowest BCUT2D eigenvalue weighted by Gasteiger charge is -2.49. The van der Waals surface area contributed by atoms with Crippen molar-refractivity contribution >= 4 is 17.8 Å². The zero-order valence-electron chi connectivity index (χ0n) is 32.9. The molecule has 5 rings (SSSR count). The maximum atomic E-state index is 14.8. The van der Waals surface area contributed by atoms with Crippen molar-refractivity contribution in [1.29, 1.82) is 0 Å². The predicted molar refractivity (Wildman–Crippen MR) is 205 cm³/mol. The van der Waals surface area contributed by atoms with Gasteiger partial charge in [-0.1, -0.05) is 31.7 Å². The van der Waals surface area contributed by atoms with Crippen LogP contribution in [0.5, 0.6) is 11.5 Å². The van der Waals surface area contributed by atoms with Gasteiger partial charge in [-0.05, 0) is 127 Å². The summed E-state index contributed by atoms with van der Waals surface area (Å²) >= 11 is 0. The Kier molecular flexibility index (Phi) is 15.5. The molecule has 7 unspecified atom stereocenters. The summed E-state index contributed by atoms with van der Waals surface area (Å²) in [7, 11) is 1.51. The highest BCUT2D eigenvalue weighted by Crippen LogP contribution is 2.46. The quantitative estimate of drug-likeness (QED) is 0.107. The molecule has 1 aromatic carbocycles. The molecular weight excluding hydrogens is 690 g/mol. The highest BCUT2D eigenvalue weighted by Gasteiger charge is 2.54. The Morgan fingerprint density at radius 2 is 1.69 bits per heavy atom. The van der Waals surface area contributed by atoms with Crippen LogP contribution in [-0.2, 0) is 30.3 Å². The molecule has 54 heavy (non-hydrogen) atoms. The van der Waals surface area contributed by atoms with Crippen LogP contribution < -0.4 is 20.7 Å². The Bertz CT molecular complexity index is 1380. The predicted octanol–water partition coefficient (Wildman–Crippen LogP) is 4.84. The fourth-order valence-electron chi connectivity index (χ4n) is 9.84. The highest BCUT2D eigenvalue weighted by atomic mass is 16.6. The molecule has 4 fully saturated rings. The van der Waals surface area contributed by atoms with Crippen molar-refractivity contribution in [3.63, 3.8) is 0 Å². The summed E-state index contributed by atoms with van der Waals surface area (Å²) in [6.45, 7) is 5.02. The van der Waals surface area contributed by atoms with Crippen LogP contribution >= 0.6 is 0 Å². The first-order chi connectivity index (χ1) is 25.9. The van der Waals surface area contributed by atoms with Gasteiger partial charge in [0.2, 0.25) is 5.91 Å². The largest absolute Gasteiger partial charge is 0.504 e. The Labute approximate surface area is 321 Å². The zero-order chi connectivity index (χ0) is 38.7.